The van der Waals surface area contributed by atoms with E-state index in [1.807, 2.05) is 18.2 Å². The van der Waals surface area contributed by atoms with Crippen molar-refractivity contribution in [3.63, 3.8) is 0 Å². The second kappa shape index (κ2) is 6.02. The minimum atomic E-state index is 0.484. The zero-order valence-electron chi connectivity index (χ0n) is 12.3. The molecule has 3 rings (SSSR count). The lowest BCUT2D eigenvalue weighted by molar-refractivity contribution is 0.261. The molecular weight excluding hydrogens is 286 g/mol. The Labute approximate surface area is 129 Å². The second-order valence-electron chi connectivity index (χ2n) is 6.03. The number of halogens is 1. The van der Waals surface area contributed by atoms with Gasteiger partial charge in [-0.15, -0.1) is 5.10 Å². The highest BCUT2D eigenvalue weighted by atomic mass is 35.5. The van der Waals surface area contributed by atoms with Crippen molar-refractivity contribution in [1.29, 1.82) is 0 Å². The van der Waals surface area contributed by atoms with Crippen LogP contribution in [0.4, 0.5) is 5.69 Å². The first-order valence-electron chi connectivity index (χ1n) is 7.43. The molecule has 3 unspecified atom stereocenters. The summed E-state index contributed by atoms with van der Waals surface area (Å²) in [6.07, 6.45) is 5.23. The number of hydrogen-bond donors (Lipinski definition) is 1. The number of nitrogens with one attached hydrogen (secondary N) is 1. The predicted octanol–water partition coefficient (Wildman–Crippen LogP) is 3.55. The molecule has 0 amide bonds. The predicted molar refractivity (Wildman–Crippen MR) is 83.8 cm³/mol. The highest BCUT2D eigenvalue weighted by molar-refractivity contribution is 6.33. The summed E-state index contributed by atoms with van der Waals surface area (Å²) in [4.78, 5) is 0. The van der Waals surface area contributed by atoms with E-state index in [1.54, 1.807) is 11.0 Å². The number of tetrazole rings is 1. The first-order valence-corrected chi connectivity index (χ1v) is 7.80. The number of rotatable bonds is 3. The third-order valence-corrected chi connectivity index (χ3v) is 4.85. The summed E-state index contributed by atoms with van der Waals surface area (Å²) in [6.45, 7) is 4.67. The van der Waals surface area contributed by atoms with E-state index in [1.165, 1.54) is 19.3 Å². The van der Waals surface area contributed by atoms with Crippen molar-refractivity contribution in [2.24, 2.45) is 11.8 Å². The standard InChI is InChI=1S/C15H20ClN5/c1-10-3-4-12(7-11(10)2)18-15-8-13(5-6-14(15)16)21-9-17-19-20-21/h5-6,8-12,18H,3-4,7H2,1-2H3. The summed E-state index contributed by atoms with van der Waals surface area (Å²) < 4.78 is 1.63. The van der Waals surface area contributed by atoms with Crippen molar-refractivity contribution in [2.45, 2.75) is 39.2 Å². The van der Waals surface area contributed by atoms with Crippen molar-refractivity contribution >= 4 is 17.3 Å². The maximum Gasteiger partial charge on any atom is 0.143 e. The van der Waals surface area contributed by atoms with E-state index in [0.29, 0.717) is 6.04 Å². The first-order chi connectivity index (χ1) is 10.1. The van der Waals surface area contributed by atoms with Crippen molar-refractivity contribution in [3.05, 3.63) is 29.5 Å². The van der Waals surface area contributed by atoms with Crippen LogP contribution in [0, 0.1) is 11.8 Å². The third kappa shape index (κ3) is 3.18. The van der Waals surface area contributed by atoms with Crippen molar-refractivity contribution in [2.75, 3.05) is 5.32 Å². The molecule has 1 aliphatic carbocycles. The minimum Gasteiger partial charge on any atom is -0.381 e. The normalized spacial score (nSPS) is 25.8. The number of hydrogen-bond acceptors (Lipinski definition) is 4. The van der Waals surface area contributed by atoms with Gasteiger partial charge in [0.2, 0.25) is 0 Å². The zero-order chi connectivity index (χ0) is 14.8. The fourth-order valence-corrected chi connectivity index (χ4v) is 3.12. The lowest BCUT2D eigenvalue weighted by atomic mass is 9.79. The van der Waals surface area contributed by atoms with E-state index < -0.39 is 0 Å². The van der Waals surface area contributed by atoms with Crippen LogP contribution in [0.2, 0.25) is 5.02 Å². The molecule has 5 nitrogen and oxygen atoms in total. The van der Waals surface area contributed by atoms with Gasteiger partial charge in [-0.2, -0.15) is 0 Å². The minimum absolute atomic E-state index is 0.484. The zero-order valence-corrected chi connectivity index (χ0v) is 13.1. The molecule has 21 heavy (non-hydrogen) atoms. The van der Waals surface area contributed by atoms with E-state index in [0.717, 1.165) is 28.2 Å². The van der Waals surface area contributed by atoms with Gasteiger partial charge in [0.15, 0.2) is 0 Å². The molecule has 0 saturated heterocycles. The molecule has 1 fully saturated rings. The van der Waals surface area contributed by atoms with Crippen LogP contribution in [-0.2, 0) is 0 Å². The maximum atomic E-state index is 6.32. The largest absolute Gasteiger partial charge is 0.381 e. The van der Waals surface area contributed by atoms with Crippen LogP contribution >= 0.6 is 11.6 Å². The molecule has 1 saturated carbocycles. The molecule has 0 aliphatic heterocycles. The molecule has 0 bridgehead atoms. The topological polar surface area (TPSA) is 55.6 Å². The first kappa shape index (κ1) is 14.3. The molecule has 0 spiro atoms. The van der Waals surface area contributed by atoms with E-state index in [-0.39, 0.29) is 0 Å². The summed E-state index contributed by atoms with van der Waals surface area (Å²) in [7, 11) is 0. The molecule has 1 N–H and O–H groups in total. The van der Waals surface area contributed by atoms with Gasteiger partial charge in [0.25, 0.3) is 0 Å². The second-order valence-corrected chi connectivity index (χ2v) is 6.43. The van der Waals surface area contributed by atoms with Gasteiger partial charge in [-0.05, 0) is 59.7 Å². The van der Waals surface area contributed by atoms with E-state index in [4.69, 9.17) is 11.6 Å². The van der Waals surface area contributed by atoms with Crippen LogP contribution in [0.15, 0.2) is 24.5 Å². The average molecular weight is 306 g/mol. The summed E-state index contributed by atoms with van der Waals surface area (Å²) in [5, 5.41) is 15.6. The third-order valence-electron chi connectivity index (χ3n) is 4.52. The number of aromatic nitrogens is 4. The summed E-state index contributed by atoms with van der Waals surface area (Å²) in [6, 6.07) is 6.28. The fourth-order valence-electron chi connectivity index (χ4n) is 2.94. The molecular formula is C15H20ClN5. The van der Waals surface area contributed by atoms with Crippen molar-refractivity contribution in [3.8, 4) is 5.69 Å². The Morgan fingerprint density at radius 2 is 2.10 bits per heavy atom. The molecule has 0 radical (unpaired) electrons. The highest BCUT2D eigenvalue weighted by Gasteiger charge is 2.24. The number of nitrogens with zero attached hydrogens (tertiary/aromatic N) is 4. The molecule has 1 aliphatic rings. The van der Waals surface area contributed by atoms with E-state index in [2.05, 4.69) is 34.7 Å². The Morgan fingerprint density at radius 3 is 2.81 bits per heavy atom. The maximum absolute atomic E-state index is 6.32. The van der Waals surface area contributed by atoms with Crippen molar-refractivity contribution in [1.82, 2.24) is 20.2 Å². The van der Waals surface area contributed by atoms with Gasteiger partial charge in [-0.1, -0.05) is 25.4 Å². The quantitative estimate of drug-likeness (QED) is 0.942. The average Bonchev–Trinajstić information content (AvgIpc) is 2.99. The summed E-state index contributed by atoms with van der Waals surface area (Å²) in [5.74, 6) is 1.56. The van der Waals surface area contributed by atoms with Gasteiger partial charge in [-0.25, -0.2) is 4.68 Å². The molecule has 1 aromatic heterocycles. The Balaban J connectivity index is 1.77. The molecule has 6 heteroatoms. The summed E-state index contributed by atoms with van der Waals surface area (Å²) >= 11 is 6.32. The highest BCUT2D eigenvalue weighted by Crippen LogP contribution is 2.33. The molecule has 3 atom stereocenters. The number of benzene rings is 1. The smallest absolute Gasteiger partial charge is 0.143 e. The Bertz CT molecular complexity index is 598. The Morgan fingerprint density at radius 1 is 1.24 bits per heavy atom. The Kier molecular flexibility index (Phi) is 4.10. The van der Waals surface area contributed by atoms with Crippen LogP contribution in [0.1, 0.15) is 33.1 Å². The Hall–Kier alpha value is -1.62. The van der Waals surface area contributed by atoms with E-state index >= 15 is 0 Å². The van der Waals surface area contributed by atoms with Crippen LogP contribution in [0.5, 0.6) is 0 Å². The fraction of sp³-hybridized carbons (Fsp3) is 0.533. The molecule has 112 valence electrons. The lowest BCUT2D eigenvalue weighted by Crippen LogP contribution is -2.30. The van der Waals surface area contributed by atoms with Gasteiger partial charge in [0.05, 0.1) is 16.4 Å². The summed E-state index contributed by atoms with van der Waals surface area (Å²) in [5.41, 5.74) is 1.86. The van der Waals surface area contributed by atoms with Crippen LogP contribution in [0.3, 0.4) is 0 Å². The SMILES string of the molecule is CC1CCC(Nc2cc(-n3cnnn3)ccc2Cl)CC1C. The monoisotopic (exact) mass is 305 g/mol. The van der Waals surface area contributed by atoms with Crippen molar-refractivity contribution < 1.29 is 0 Å². The van der Waals surface area contributed by atoms with Crippen LogP contribution in [0.25, 0.3) is 5.69 Å². The number of anilines is 1. The van der Waals surface area contributed by atoms with Gasteiger partial charge in [0.1, 0.15) is 6.33 Å². The van der Waals surface area contributed by atoms with E-state index in [9.17, 15) is 0 Å². The van der Waals surface area contributed by atoms with Gasteiger partial charge in [0, 0.05) is 6.04 Å². The van der Waals surface area contributed by atoms with Gasteiger partial charge >= 0.3 is 0 Å². The lowest BCUT2D eigenvalue weighted by Gasteiger charge is -2.33. The molecule has 1 heterocycles. The van der Waals surface area contributed by atoms with Crippen LogP contribution in [-0.4, -0.2) is 26.2 Å². The molecule has 1 aromatic carbocycles. The van der Waals surface area contributed by atoms with Gasteiger partial charge in [-0.3, -0.25) is 0 Å². The van der Waals surface area contributed by atoms with Crippen LogP contribution < -0.4 is 5.32 Å². The molecule has 2 aromatic rings. The van der Waals surface area contributed by atoms with Gasteiger partial charge < -0.3 is 5.32 Å².